The molecule has 0 unspecified atom stereocenters. The summed E-state index contributed by atoms with van der Waals surface area (Å²) in [4.78, 5) is 62.5. The average molecular weight is 568 g/mol. The summed E-state index contributed by atoms with van der Waals surface area (Å²) in [7, 11) is 1.16. The molecule has 0 aliphatic heterocycles. The molecule has 2 aromatic heterocycles. The molecule has 2 heterocycles. The van der Waals surface area contributed by atoms with Crippen molar-refractivity contribution in [1.29, 1.82) is 0 Å². The van der Waals surface area contributed by atoms with Crippen LogP contribution in [-0.4, -0.2) is 45.6 Å². The summed E-state index contributed by atoms with van der Waals surface area (Å²) < 4.78 is 39.9. The van der Waals surface area contributed by atoms with Gasteiger partial charge in [-0.2, -0.15) is 0 Å². The summed E-state index contributed by atoms with van der Waals surface area (Å²) in [5, 5.41) is 11.6. The van der Waals surface area contributed by atoms with E-state index in [1.54, 1.807) is 0 Å². The van der Waals surface area contributed by atoms with Crippen molar-refractivity contribution in [2.24, 2.45) is 0 Å². The first kappa shape index (κ1) is 28.7. The number of carbonyl (C=O) groups is 3. The molecule has 0 saturated heterocycles. The first-order valence-electron chi connectivity index (χ1n) is 12.2. The fraction of sp³-hybridized carbons (Fsp3) is 0.179. The van der Waals surface area contributed by atoms with E-state index in [9.17, 15) is 37.9 Å². The molecule has 212 valence electrons. The zero-order chi connectivity index (χ0) is 29.7. The number of rotatable bonds is 10. The number of carboxylic acid groups (broad SMARTS) is 1. The van der Waals surface area contributed by atoms with Crippen molar-refractivity contribution in [2.75, 3.05) is 13.7 Å². The van der Waals surface area contributed by atoms with Crippen LogP contribution in [0.2, 0.25) is 0 Å². The Bertz CT molecular complexity index is 1780. The molecule has 0 bridgehead atoms. The lowest BCUT2D eigenvalue weighted by Crippen LogP contribution is -2.32. The number of fused-ring (bicyclic) bond motifs is 1. The maximum absolute atomic E-state index is 13.9. The lowest BCUT2D eigenvalue weighted by atomic mass is 10.1. The minimum absolute atomic E-state index is 0.00673. The number of aromatic carboxylic acids is 1. The van der Waals surface area contributed by atoms with Gasteiger partial charge in [0, 0.05) is 43.3 Å². The molecule has 0 aliphatic rings. The topological polar surface area (TPSA) is 145 Å². The lowest BCUT2D eigenvalue weighted by Gasteiger charge is -2.13. The van der Waals surface area contributed by atoms with Gasteiger partial charge in [0.2, 0.25) is 5.43 Å². The highest BCUT2D eigenvalue weighted by Gasteiger charge is 2.21. The van der Waals surface area contributed by atoms with E-state index in [-0.39, 0.29) is 59.6 Å². The number of hydrogen-bond donors (Lipinski definition) is 2. The molecule has 4 rings (SSSR count). The Morgan fingerprint density at radius 3 is 2.41 bits per heavy atom. The van der Waals surface area contributed by atoms with E-state index in [1.807, 2.05) is 0 Å². The third-order valence-electron chi connectivity index (χ3n) is 6.12. The van der Waals surface area contributed by atoms with E-state index in [4.69, 9.17) is 9.47 Å². The van der Waals surface area contributed by atoms with Gasteiger partial charge in [0.25, 0.3) is 11.5 Å². The summed E-state index contributed by atoms with van der Waals surface area (Å²) in [5.74, 6) is -4.98. The maximum Gasteiger partial charge on any atom is 0.339 e. The summed E-state index contributed by atoms with van der Waals surface area (Å²) in [6.45, 7) is -0.364. The van der Waals surface area contributed by atoms with Gasteiger partial charge in [0.05, 0.1) is 24.8 Å². The van der Waals surface area contributed by atoms with Crippen LogP contribution in [0.4, 0.5) is 8.78 Å². The Morgan fingerprint density at radius 2 is 1.73 bits per heavy atom. The molecule has 0 fully saturated rings. The number of amides is 1. The Labute approximate surface area is 230 Å². The molecular weight excluding hydrogens is 544 g/mol. The maximum atomic E-state index is 13.9. The number of pyridine rings is 1. The van der Waals surface area contributed by atoms with Gasteiger partial charge in [-0.3, -0.25) is 14.4 Å². The number of nitrogens with zero attached hydrogens (tertiary/aromatic N) is 2. The molecule has 0 atom stereocenters. The van der Waals surface area contributed by atoms with Crippen LogP contribution in [-0.2, 0) is 17.8 Å². The largest absolute Gasteiger partial charge is 0.491 e. The second-order valence-corrected chi connectivity index (χ2v) is 8.72. The second kappa shape index (κ2) is 12.2. The number of benzene rings is 2. The van der Waals surface area contributed by atoms with Crippen molar-refractivity contribution in [1.82, 2.24) is 14.3 Å². The van der Waals surface area contributed by atoms with E-state index >= 15 is 0 Å². The molecule has 0 saturated carbocycles. The van der Waals surface area contributed by atoms with Crippen LogP contribution in [0.5, 0.6) is 5.75 Å². The SMILES string of the molecule is COc1c(=O)c(C(=O)NCc2ccc(F)cc2F)cn2ccn(CCCOC(=O)c3ccccc3C(=O)O)c(=O)c12. The van der Waals surface area contributed by atoms with Crippen molar-refractivity contribution in [2.45, 2.75) is 19.5 Å². The zero-order valence-corrected chi connectivity index (χ0v) is 21.6. The number of halogens is 2. The first-order chi connectivity index (χ1) is 19.6. The second-order valence-electron chi connectivity index (χ2n) is 8.72. The minimum atomic E-state index is -1.27. The van der Waals surface area contributed by atoms with E-state index < -0.39 is 40.5 Å². The number of carboxylic acids is 1. The molecule has 2 N–H and O–H groups in total. The van der Waals surface area contributed by atoms with Crippen LogP contribution >= 0.6 is 0 Å². The van der Waals surface area contributed by atoms with Crippen LogP contribution in [0, 0.1) is 11.6 Å². The van der Waals surface area contributed by atoms with Gasteiger partial charge in [-0.25, -0.2) is 18.4 Å². The smallest absolute Gasteiger partial charge is 0.339 e. The Morgan fingerprint density at radius 1 is 1.00 bits per heavy atom. The number of methoxy groups -OCH3 is 1. The van der Waals surface area contributed by atoms with E-state index in [2.05, 4.69) is 5.32 Å². The molecule has 2 aromatic carbocycles. The van der Waals surface area contributed by atoms with Crippen LogP contribution in [0.3, 0.4) is 0 Å². The molecule has 1 amide bonds. The third kappa shape index (κ3) is 6.13. The van der Waals surface area contributed by atoms with Gasteiger partial charge in [0.1, 0.15) is 17.2 Å². The highest BCUT2D eigenvalue weighted by Crippen LogP contribution is 2.14. The zero-order valence-electron chi connectivity index (χ0n) is 21.6. The lowest BCUT2D eigenvalue weighted by molar-refractivity contribution is 0.0485. The molecule has 0 aliphatic carbocycles. The van der Waals surface area contributed by atoms with Crippen LogP contribution in [0.25, 0.3) is 5.52 Å². The number of hydrogen-bond acceptors (Lipinski definition) is 7. The molecule has 0 spiro atoms. The molecule has 13 heteroatoms. The van der Waals surface area contributed by atoms with Crippen molar-refractivity contribution in [3.8, 4) is 5.75 Å². The van der Waals surface area contributed by atoms with Crippen molar-refractivity contribution < 1.29 is 37.7 Å². The van der Waals surface area contributed by atoms with Gasteiger partial charge in [-0.05, 0) is 24.6 Å². The Kier molecular flexibility index (Phi) is 8.56. The molecule has 11 nitrogen and oxygen atoms in total. The van der Waals surface area contributed by atoms with Gasteiger partial charge in [0.15, 0.2) is 11.3 Å². The highest BCUT2D eigenvalue weighted by atomic mass is 19.1. The number of carbonyl (C=O) groups excluding carboxylic acids is 2. The van der Waals surface area contributed by atoms with Gasteiger partial charge in [-0.15, -0.1) is 0 Å². The summed E-state index contributed by atoms with van der Waals surface area (Å²) in [6, 6.07) is 8.47. The number of esters is 1. The van der Waals surface area contributed by atoms with Crippen LogP contribution < -0.4 is 21.0 Å². The van der Waals surface area contributed by atoms with Crippen molar-refractivity contribution >= 4 is 23.4 Å². The van der Waals surface area contributed by atoms with Crippen LogP contribution in [0.1, 0.15) is 43.1 Å². The Balaban J connectivity index is 1.49. The quantitative estimate of drug-likeness (QED) is 0.220. The van der Waals surface area contributed by atoms with E-state index in [0.29, 0.717) is 6.07 Å². The number of nitrogens with one attached hydrogen (secondary N) is 1. The van der Waals surface area contributed by atoms with E-state index in [1.165, 1.54) is 45.6 Å². The average Bonchev–Trinajstić information content (AvgIpc) is 2.95. The number of aromatic nitrogens is 2. The Hall–Kier alpha value is -5.33. The molecular formula is C28H23F2N3O8. The normalized spacial score (nSPS) is 10.8. The fourth-order valence-electron chi connectivity index (χ4n) is 4.08. The molecule has 0 radical (unpaired) electrons. The van der Waals surface area contributed by atoms with E-state index in [0.717, 1.165) is 25.4 Å². The summed E-state index contributed by atoms with van der Waals surface area (Å²) in [6.07, 6.45) is 4.15. The van der Waals surface area contributed by atoms with Crippen molar-refractivity contribution in [3.63, 3.8) is 0 Å². The standard InChI is InChI=1S/C28H23F2N3O8/c1-40-24-22-26(36)32(9-4-12-41-28(39)19-6-3-2-5-18(19)27(37)38)10-11-33(22)15-20(23(24)34)25(35)31-14-16-7-8-17(29)13-21(16)30/h2-3,5-8,10-11,13,15H,4,9,12,14H2,1H3,(H,31,35)(H,37,38). The van der Waals surface area contributed by atoms with Gasteiger partial charge in [-0.1, -0.05) is 18.2 Å². The molecule has 41 heavy (non-hydrogen) atoms. The van der Waals surface area contributed by atoms with Crippen molar-refractivity contribution in [3.05, 3.63) is 116 Å². The predicted molar refractivity (Wildman–Crippen MR) is 140 cm³/mol. The summed E-state index contributed by atoms with van der Waals surface area (Å²) in [5.41, 5.74) is -2.30. The number of ether oxygens (including phenoxy) is 2. The predicted octanol–water partition coefficient (Wildman–Crippen LogP) is 2.62. The van der Waals surface area contributed by atoms with Crippen LogP contribution in [0.15, 0.2) is 70.6 Å². The molecule has 4 aromatic rings. The monoisotopic (exact) mass is 567 g/mol. The van der Waals surface area contributed by atoms with Gasteiger partial charge < -0.3 is 28.9 Å². The highest BCUT2D eigenvalue weighted by molar-refractivity contribution is 6.02. The van der Waals surface area contributed by atoms with Gasteiger partial charge >= 0.3 is 11.9 Å². The first-order valence-corrected chi connectivity index (χ1v) is 12.2. The summed E-state index contributed by atoms with van der Waals surface area (Å²) >= 11 is 0. The third-order valence-corrected chi connectivity index (χ3v) is 6.12. The fourth-order valence-corrected chi connectivity index (χ4v) is 4.08. The minimum Gasteiger partial charge on any atom is -0.491 e. The number of aryl methyl sites for hydroxylation is 1.